The van der Waals surface area contributed by atoms with E-state index in [1.807, 2.05) is 0 Å². The lowest BCUT2D eigenvalue weighted by atomic mass is 10.0. The van der Waals surface area contributed by atoms with Crippen LogP contribution in [-0.4, -0.2) is 54.6 Å². The van der Waals surface area contributed by atoms with Crippen LogP contribution in [0.2, 0.25) is 0 Å². The lowest BCUT2D eigenvalue weighted by Gasteiger charge is -2.33. The van der Waals surface area contributed by atoms with Gasteiger partial charge in [0.2, 0.25) is 15.9 Å². The first-order valence-electron chi connectivity index (χ1n) is 6.74. The van der Waals surface area contributed by atoms with Crippen LogP contribution in [0, 0.1) is 0 Å². The molecule has 1 aliphatic rings. The van der Waals surface area contributed by atoms with Crippen LogP contribution >= 0.6 is 0 Å². The SMILES string of the molecule is CCC(CC(=O)O)NC(=O)C1CCCCN1S(C)(=O)=O. The molecule has 1 heterocycles. The number of piperidine rings is 1. The van der Waals surface area contributed by atoms with Gasteiger partial charge in [0, 0.05) is 12.6 Å². The molecular weight excluding hydrogens is 284 g/mol. The molecule has 1 amide bonds. The molecule has 0 aromatic carbocycles. The van der Waals surface area contributed by atoms with E-state index in [2.05, 4.69) is 5.32 Å². The van der Waals surface area contributed by atoms with Crippen molar-refractivity contribution in [1.82, 2.24) is 9.62 Å². The van der Waals surface area contributed by atoms with Gasteiger partial charge in [0.25, 0.3) is 0 Å². The second-order valence-corrected chi connectivity index (χ2v) is 7.03. The molecule has 0 aromatic heterocycles. The fourth-order valence-corrected chi connectivity index (χ4v) is 3.49. The Labute approximate surface area is 119 Å². The van der Waals surface area contributed by atoms with E-state index < -0.39 is 34.0 Å². The first kappa shape index (κ1) is 16.9. The van der Waals surface area contributed by atoms with Crippen LogP contribution in [-0.2, 0) is 19.6 Å². The minimum atomic E-state index is -3.43. The number of aliphatic carboxylic acids is 1. The quantitative estimate of drug-likeness (QED) is 0.728. The number of amides is 1. The normalized spacial score (nSPS) is 22.2. The molecule has 2 unspecified atom stereocenters. The Balaban J connectivity index is 2.75. The predicted molar refractivity (Wildman–Crippen MR) is 73.7 cm³/mol. The smallest absolute Gasteiger partial charge is 0.305 e. The van der Waals surface area contributed by atoms with Crippen molar-refractivity contribution < 1.29 is 23.1 Å². The van der Waals surface area contributed by atoms with Gasteiger partial charge in [-0.3, -0.25) is 9.59 Å². The molecule has 1 aliphatic heterocycles. The number of carbonyl (C=O) groups excluding carboxylic acids is 1. The molecule has 7 nitrogen and oxygen atoms in total. The molecule has 1 fully saturated rings. The maximum Gasteiger partial charge on any atom is 0.305 e. The zero-order valence-electron chi connectivity index (χ0n) is 11.8. The molecule has 20 heavy (non-hydrogen) atoms. The summed E-state index contributed by atoms with van der Waals surface area (Å²) < 4.78 is 24.6. The predicted octanol–water partition coefficient (Wildman–Crippen LogP) is 0.170. The van der Waals surface area contributed by atoms with Gasteiger partial charge in [-0.25, -0.2) is 8.42 Å². The van der Waals surface area contributed by atoms with Crippen molar-refractivity contribution in [2.45, 2.75) is 51.1 Å². The summed E-state index contributed by atoms with van der Waals surface area (Å²) in [5, 5.41) is 11.4. The van der Waals surface area contributed by atoms with Crippen LogP contribution in [0.25, 0.3) is 0 Å². The standard InChI is InChI=1S/C12H22N2O5S/c1-3-9(8-11(15)16)13-12(17)10-6-4-5-7-14(10)20(2,18)19/h9-10H,3-8H2,1-2H3,(H,13,17)(H,15,16). The third-order valence-corrected chi connectivity index (χ3v) is 4.73. The molecule has 0 spiro atoms. The maximum absolute atomic E-state index is 12.2. The number of nitrogens with one attached hydrogen (secondary N) is 1. The van der Waals surface area contributed by atoms with Crippen LogP contribution < -0.4 is 5.32 Å². The van der Waals surface area contributed by atoms with Crippen LogP contribution in [0.3, 0.4) is 0 Å². The summed E-state index contributed by atoms with van der Waals surface area (Å²) >= 11 is 0. The van der Waals surface area contributed by atoms with E-state index >= 15 is 0 Å². The zero-order valence-corrected chi connectivity index (χ0v) is 12.6. The highest BCUT2D eigenvalue weighted by molar-refractivity contribution is 7.88. The number of carbonyl (C=O) groups is 2. The number of carboxylic acid groups (broad SMARTS) is 1. The number of sulfonamides is 1. The molecule has 1 rings (SSSR count). The molecular formula is C12H22N2O5S. The van der Waals surface area contributed by atoms with Gasteiger partial charge < -0.3 is 10.4 Å². The highest BCUT2D eigenvalue weighted by Gasteiger charge is 2.35. The van der Waals surface area contributed by atoms with Crippen molar-refractivity contribution in [3.05, 3.63) is 0 Å². The highest BCUT2D eigenvalue weighted by Crippen LogP contribution is 2.20. The summed E-state index contributed by atoms with van der Waals surface area (Å²) in [6.45, 7) is 2.12. The fourth-order valence-electron chi connectivity index (χ4n) is 2.37. The van der Waals surface area contributed by atoms with E-state index in [9.17, 15) is 18.0 Å². The Morgan fingerprint density at radius 2 is 2.05 bits per heavy atom. The fraction of sp³-hybridized carbons (Fsp3) is 0.833. The second kappa shape index (κ2) is 7.03. The second-order valence-electron chi connectivity index (χ2n) is 5.10. The summed E-state index contributed by atoms with van der Waals surface area (Å²) in [4.78, 5) is 22.9. The van der Waals surface area contributed by atoms with Gasteiger partial charge in [-0.1, -0.05) is 13.3 Å². The molecule has 0 radical (unpaired) electrons. The number of carboxylic acids is 1. The van der Waals surface area contributed by atoms with E-state index in [4.69, 9.17) is 5.11 Å². The van der Waals surface area contributed by atoms with Crippen molar-refractivity contribution in [2.24, 2.45) is 0 Å². The average molecular weight is 306 g/mol. The summed E-state index contributed by atoms with van der Waals surface area (Å²) in [6, 6.07) is -1.19. The first-order valence-corrected chi connectivity index (χ1v) is 8.59. The van der Waals surface area contributed by atoms with Gasteiger partial charge in [0.05, 0.1) is 12.7 Å². The number of rotatable bonds is 6. The highest BCUT2D eigenvalue weighted by atomic mass is 32.2. The van der Waals surface area contributed by atoms with Gasteiger partial charge in [0.15, 0.2) is 0 Å². The molecule has 8 heteroatoms. The van der Waals surface area contributed by atoms with E-state index in [-0.39, 0.29) is 6.42 Å². The molecule has 2 N–H and O–H groups in total. The average Bonchev–Trinajstić information content (AvgIpc) is 2.36. The van der Waals surface area contributed by atoms with Gasteiger partial charge in [-0.15, -0.1) is 0 Å². The molecule has 0 aromatic rings. The third kappa shape index (κ3) is 4.75. The summed E-state index contributed by atoms with van der Waals surface area (Å²) in [6.07, 6.45) is 3.43. The topological polar surface area (TPSA) is 104 Å². The van der Waals surface area contributed by atoms with Gasteiger partial charge in [0.1, 0.15) is 6.04 Å². The molecule has 0 aliphatic carbocycles. The lowest BCUT2D eigenvalue weighted by Crippen LogP contribution is -2.53. The van der Waals surface area contributed by atoms with Gasteiger partial charge in [-0.2, -0.15) is 4.31 Å². The Bertz CT molecular complexity index is 462. The van der Waals surface area contributed by atoms with E-state index in [1.54, 1.807) is 6.92 Å². The van der Waals surface area contributed by atoms with Crippen LogP contribution in [0.15, 0.2) is 0 Å². The van der Waals surface area contributed by atoms with Crippen molar-refractivity contribution >= 4 is 21.9 Å². The third-order valence-electron chi connectivity index (χ3n) is 3.44. The van der Waals surface area contributed by atoms with Crippen molar-refractivity contribution in [3.63, 3.8) is 0 Å². The minimum absolute atomic E-state index is 0.159. The molecule has 0 bridgehead atoms. The largest absolute Gasteiger partial charge is 0.481 e. The van der Waals surface area contributed by atoms with Crippen molar-refractivity contribution in [2.75, 3.05) is 12.8 Å². The summed E-state index contributed by atoms with van der Waals surface area (Å²) in [7, 11) is -3.43. The van der Waals surface area contributed by atoms with Gasteiger partial charge in [-0.05, 0) is 19.3 Å². The van der Waals surface area contributed by atoms with E-state index in [0.717, 1.165) is 19.1 Å². The van der Waals surface area contributed by atoms with Crippen molar-refractivity contribution in [3.8, 4) is 0 Å². The van der Waals surface area contributed by atoms with Crippen LogP contribution in [0.4, 0.5) is 0 Å². The lowest BCUT2D eigenvalue weighted by molar-refractivity contribution is -0.137. The van der Waals surface area contributed by atoms with Crippen molar-refractivity contribution in [1.29, 1.82) is 0 Å². The monoisotopic (exact) mass is 306 g/mol. The number of hydrogen-bond donors (Lipinski definition) is 2. The maximum atomic E-state index is 12.2. The minimum Gasteiger partial charge on any atom is -0.481 e. The van der Waals surface area contributed by atoms with Crippen LogP contribution in [0.1, 0.15) is 39.0 Å². The Morgan fingerprint density at radius 1 is 1.40 bits per heavy atom. The zero-order chi connectivity index (χ0) is 15.3. The Kier molecular flexibility index (Phi) is 5.94. The number of hydrogen-bond acceptors (Lipinski definition) is 4. The number of nitrogens with zero attached hydrogens (tertiary/aromatic N) is 1. The molecule has 0 saturated carbocycles. The molecule has 1 saturated heterocycles. The van der Waals surface area contributed by atoms with E-state index in [1.165, 1.54) is 4.31 Å². The molecule has 116 valence electrons. The van der Waals surface area contributed by atoms with Gasteiger partial charge >= 0.3 is 5.97 Å². The van der Waals surface area contributed by atoms with Crippen LogP contribution in [0.5, 0.6) is 0 Å². The Hall–Kier alpha value is -1.15. The first-order chi connectivity index (χ1) is 9.25. The summed E-state index contributed by atoms with van der Waals surface area (Å²) in [5.41, 5.74) is 0. The van der Waals surface area contributed by atoms with E-state index in [0.29, 0.717) is 19.4 Å². The Morgan fingerprint density at radius 3 is 2.55 bits per heavy atom. The molecule has 2 atom stereocenters. The summed E-state index contributed by atoms with van der Waals surface area (Å²) in [5.74, 6) is -1.39.